The largest absolute Gasteiger partial charge is 0.339 e. The van der Waals surface area contributed by atoms with E-state index in [1.54, 1.807) is 6.07 Å². The van der Waals surface area contributed by atoms with Crippen LogP contribution >= 0.6 is 43.6 Å². The van der Waals surface area contributed by atoms with Gasteiger partial charge >= 0.3 is 0 Å². The summed E-state index contributed by atoms with van der Waals surface area (Å²) in [6.07, 6.45) is 1.91. The molecule has 0 radical (unpaired) electrons. The first kappa shape index (κ1) is 14.6. The number of rotatable bonds is 4. The summed E-state index contributed by atoms with van der Waals surface area (Å²) in [6.45, 7) is 0. The predicted molar refractivity (Wildman–Crippen MR) is 86.7 cm³/mol. The van der Waals surface area contributed by atoms with Gasteiger partial charge in [0.1, 0.15) is 11.6 Å². The van der Waals surface area contributed by atoms with Crippen molar-refractivity contribution in [2.45, 2.75) is 5.16 Å². The molecule has 1 heterocycles. The molecule has 0 aliphatic carbocycles. The number of nitrogens with zero attached hydrogens (tertiary/aromatic N) is 2. The quantitative estimate of drug-likeness (QED) is 0.312. The van der Waals surface area contributed by atoms with Gasteiger partial charge < -0.3 is 10.7 Å². The van der Waals surface area contributed by atoms with E-state index in [9.17, 15) is 0 Å². The molecule has 8 heteroatoms. The lowest BCUT2D eigenvalue weighted by atomic mass is 10.3. The molecule has 1 aromatic carbocycles. The van der Waals surface area contributed by atoms with Gasteiger partial charge in [-0.2, -0.15) is 0 Å². The number of hydrogen-bond acceptors (Lipinski definition) is 6. The monoisotopic (exact) mass is 403 g/mol. The smallest absolute Gasteiger partial charge is 0.191 e. The average molecular weight is 405 g/mol. The summed E-state index contributed by atoms with van der Waals surface area (Å²) in [5.74, 6) is 6.63. The molecule has 100 valence electrons. The minimum Gasteiger partial charge on any atom is -0.339 e. The lowest BCUT2D eigenvalue weighted by Crippen LogP contribution is -2.10. The second-order valence-electron chi connectivity index (χ2n) is 3.52. The Morgan fingerprint density at radius 1 is 1.16 bits per heavy atom. The third-order valence-electron chi connectivity index (χ3n) is 2.23. The van der Waals surface area contributed by atoms with E-state index in [1.165, 1.54) is 11.8 Å². The number of hydrogen-bond donors (Lipinski definition) is 3. The number of nitrogens with one attached hydrogen (secondary N) is 2. The highest BCUT2D eigenvalue weighted by Crippen LogP contribution is 2.29. The van der Waals surface area contributed by atoms with Gasteiger partial charge in [-0.3, -0.25) is 0 Å². The third kappa shape index (κ3) is 3.82. The van der Waals surface area contributed by atoms with Crippen LogP contribution in [0.3, 0.4) is 0 Å². The molecule has 0 bridgehead atoms. The molecule has 0 aliphatic rings. The average Bonchev–Trinajstić information content (AvgIpc) is 2.41. The highest BCUT2D eigenvalue weighted by molar-refractivity contribution is 9.11. The maximum absolute atomic E-state index is 5.39. The number of hydrazine groups is 1. The van der Waals surface area contributed by atoms with Gasteiger partial charge in [-0.25, -0.2) is 15.8 Å². The van der Waals surface area contributed by atoms with Gasteiger partial charge in [0.2, 0.25) is 0 Å². The zero-order valence-electron chi connectivity index (χ0n) is 9.95. The molecule has 0 unspecified atom stereocenters. The van der Waals surface area contributed by atoms with Crippen molar-refractivity contribution in [2.75, 3.05) is 17.0 Å². The fourth-order valence-corrected chi connectivity index (χ4v) is 2.91. The summed E-state index contributed by atoms with van der Waals surface area (Å²) >= 11 is 8.36. The second-order valence-corrected chi connectivity index (χ2v) is 6.06. The van der Waals surface area contributed by atoms with Gasteiger partial charge in [0, 0.05) is 15.0 Å². The summed E-state index contributed by atoms with van der Waals surface area (Å²) in [5, 5.41) is 3.87. The summed E-state index contributed by atoms with van der Waals surface area (Å²) in [4.78, 5) is 8.58. The van der Waals surface area contributed by atoms with Crippen molar-refractivity contribution in [3.05, 3.63) is 33.2 Å². The van der Waals surface area contributed by atoms with Crippen molar-refractivity contribution < 1.29 is 0 Å². The van der Waals surface area contributed by atoms with Crippen LogP contribution in [0.1, 0.15) is 0 Å². The SMILES string of the molecule is CSc1nc(NN)cc(Nc2ccc(Br)cc2Br)n1. The molecule has 2 aromatic rings. The van der Waals surface area contributed by atoms with Crippen molar-refractivity contribution >= 4 is 60.9 Å². The normalized spacial score (nSPS) is 10.3. The maximum Gasteiger partial charge on any atom is 0.191 e. The predicted octanol–water partition coefficient (Wildman–Crippen LogP) is 3.75. The van der Waals surface area contributed by atoms with E-state index >= 15 is 0 Å². The number of aromatic nitrogens is 2. The minimum absolute atomic E-state index is 0.565. The third-order valence-corrected chi connectivity index (χ3v) is 3.93. The van der Waals surface area contributed by atoms with Crippen LogP contribution in [0.5, 0.6) is 0 Å². The highest BCUT2D eigenvalue weighted by atomic mass is 79.9. The van der Waals surface area contributed by atoms with Gasteiger partial charge in [-0.1, -0.05) is 27.7 Å². The molecule has 0 fully saturated rings. The van der Waals surface area contributed by atoms with Gasteiger partial charge in [0.15, 0.2) is 5.16 Å². The Labute approximate surface area is 132 Å². The number of halogens is 2. The Balaban J connectivity index is 2.31. The van der Waals surface area contributed by atoms with Gasteiger partial charge in [0.05, 0.1) is 5.69 Å². The van der Waals surface area contributed by atoms with Crippen molar-refractivity contribution in [3.63, 3.8) is 0 Å². The van der Waals surface area contributed by atoms with E-state index < -0.39 is 0 Å². The van der Waals surface area contributed by atoms with Crippen LogP contribution in [0.25, 0.3) is 0 Å². The first-order valence-electron chi connectivity index (χ1n) is 5.24. The molecule has 2 rings (SSSR count). The maximum atomic E-state index is 5.39. The van der Waals surface area contributed by atoms with Crippen LogP contribution in [-0.4, -0.2) is 16.2 Å². The van der Waals surface area contributed by atoms with Crippen molar-refractivity contribution in [2.24, 2.45) is 5.84 Å². The van der Waals surface area contributed by atoms with Crippen molar-refractivity contribution in [1.29, 1.82) is 0 Å². The minimum atomic E-state index is 0.565. The fourth-order valence-electron chi connectivity index (χ4n) is 1.38. The summed E-state index contributed by atoms with van der Waals surface area (Å²) in [5.41, 5.74) is 3.44. The molecule has 4 N–H and O–H groups in total. The Morgan fingerprint density at radius 3 is 2.53 bits per heavy atom. The van der Waals surface area contributed by atoms with Crippen LogP contribution in [0, 0.1) is 0 Å². The standard InChI is InChI=1S/C11H11Br2N5S/c1-19-11-16-9(5-10(17-11)18-14)15-8-3-2-6(12)4-7(8)13/h2-5H,14H2,1H3,(H2,15,16,17,18). The fraction of sp³-hybridized carbons (Fsp3) is 0.0909. The molecular weight excluding hydrogens is 394 g/mol. The first-order valence-corrected chi connectivity index (χ1v) is 8.05. The summed E-state index contributed by atoms with van der Waals surface area (Å²) in [7, 11) is 0. The molecule has 5 nitrogen and oxygen atoms in total. The Kier molecular flexibility index (Phi) is 5.03. The van der Waals surface area contributed by atoms with Crippen LogP contribution in [0.2, 0.25) is 0 Å². The lowest BCUT2D eigenvalue weighted by molar-refractivity contribution is 0.971. The molecule has 0 aliphatic heterocycles. The first-order chi connectivity index (χ1) is 9.12. The van der Waals surface area contributed by atoms with Crippen molar-refractivity contribution in [1.82, 2.24) is 9.97 Å². The molecule has 19 heavy (non-hydrogen) atoms. The van der Waals surface area contributed by atoms with E-state index in [4.69, 9.17) is 5.84 Å². The van der Waals surface area contributed by atoms with Crippen LogP contribution in [0.15, 0.2) is 38.4 Å². The zero-order chi connectivity index (χ0) is 13.8. The molecule has 0 amide bonds. The van der Waals surface area contributed by atoms with E-state index in [2.05, 4.69) is 52.6 Å². The zero-order valence-corrected chi connectivity index (χ0v) is 13.9. The molecule has 0 saturated heterocycles. The summed E-state index contributed by atoms with van der Waals surface area (Å²) in [6, 6.07) is 7.60. The molecule has 0 saturated carbocycles. The van der Waals surface area contributed by atoms with Crippen LogP contribution in [-0.2, 0) is 0 Å². The molecular formula is C11H11Br2N5S. The van der Waals surface area contributed by atoms with Gasteiger partial charge in [0.25, 0.3) is 0 Å². The van der Waals surface area contributed by atoms with Gasteiger partial charge in [-0.15, -0.1) is 0 Å². The lowest BCUT2D eigenvalue weighted by Gasteiger charge is -2.10. The number of thioether (sulfide) groups is 1. The number of anilines is 3. The van der Waals surface area contributed by atoms with E-state index in [1.807, 2.05) is 24.5 Å². The van der Waals surface area contributed by atoms with Gasteiger partial charge in [-0.05, 0) is 40.4 Å². The van der Waals surface area contributed by atoms with Crippen molar-refractivity contribution in [3.8, 4) is 0 Å². The molecule has 0 atom stereocenters. The number of nitrogens with two attached hydrogens (primary N) is 1. The van der Waals surface area contributed by atoms with E-state index in [0.717, 1.165) is 14.6 Å². The second kappa shape index (κ2) is 6.56. The summed E-state index contributed by atoms with van der Waals surface area (Å²) < 4.78 is 1.94. The Morgan fingerprint density at radius 2 is 1.89 bits per heavy atom. The molecule has 0 spiro atoms. The Hall–Kier alpha value is -0.830. The van der Waals surface area contributed by atoms with E-state index in [0.29, 0.717) is 16.8 Å². The van der Waals surface area contributed by atoms with Crippen LogP contribution < -0.4 is 16.6 Å². The molecule has 1 aromatic heterocycles. The number of benzene rings is 1. The Bertz CT molecular complexity index is 571. The van der Waals surface area contributed by atoms with Crippen LogP contribution in [0.4, 0.5) is 17.3 Å². The van der Waals surface area contributed by atoms with E-state index in [-0.39, 0.29) is 0 Å². The topological polar surface area (TPSA) is 75.9 Å². The highest BCUT2D eigenvalue weighted by Gasteiger charge is 2.06. The number of nitrogen functional groups attached to an aromatic ring is 1.